The minimum Gasteiger partial charge on any atom is -0.495 e. The molecule has 10 heteroatoms. The number of nitrogens with zero attached hydrogens (tertiary/aromatic N) is 4. The van der Waals surface area contributed by atoms with E-state index in [2.05, 4.69) is 26.7 Å². The Morgan fingerprint density at radius 2 is 1.62 bits per heavy atom. The number of H-pyrrole nitrogens is 1. The third-order valence-corrected chi connectivity index (χ3v) is 7.98. The number of nitrogens with one attached hydrogen (secondary N) is 1. The highest BCUT2D eigenvalue weighted by Gasteiger charge is 2.24. The van der Waals surface area contributed by atoms with Crippen molar-refractivity contribution in [3.05, 3.63) is 50.5 Å². The van der Waals surface area contributed by atoms with Gasteiger partial charge in [-0.2, -0.15) is 0 Å². The van der Waals surface area contributed by atoms with Gasteiger partial charge in [-0.05, 0) is 25.6 Å². The summed E-state index contributed by atoms with van der Waals surface area (Å²) in [6.07, 6.45) is 1.78. The van der Waals surface area contributed by atoms with Crippen molar-refractivity contribution >= 4 is 45.1 Å². The van der Waals surface area contributed by atoms with E-state index in [0.717, 1.165) is 66.9 Å². The summed E-state index contributed by atoms with van der Waals surface area (Å²) < 4.78 is 12.8. The van der Waals surface area contributed by atoms with Gasteiger partial charge in [0.25, 0.3) is 5.56 Å². The van der Waals surface area contributed by atoms with E-state index in [0.29, 0.717) is 29.2 Å². The molecule has 0 amide bonds. The molecule has 0 bridgehead atoms. The first-order valence-electron chi connectivity index (χ1n) is 12.4. The van der Waals surface area contributed by atoms with Crippen molar-refractivity contribution in [2.75, 3.05) is 53.5 Å². The first-order chi connectivity index (χ1) is 17.9. The average Bonchev–Trinajstić information content (AvgIpc) is 3.29. The monoisotopic (exact) mass is 543 g/mol. The predicted octanol–water partition coefficient (Wildman–Crippen LogP) is 4.81. The molecule has 0 radical (unpaired) electrons. The van der Waals surface area contributed by atoms with Crippen molar-refractivity contribution in [1.29, 1.82) is 0 Å². The lowest BCUT2D eigenvalue weighted by molar-refractivity contribution is 0.134. The number of hydrogen-bond acceptors (Lipinski definition) is 6. The van der Waals surface area contributed by atoms with E-state index >= 15 is 0 Å². The fourth-order valence-electron chi connectivity index (χ4n) is 5.16. The third kappa shape index (κ3) is 4.68. The highest BCUT2D eigenvalue weighted by molar-refractivity contribution is 6.41. The molecule has 1 saturated heterocycles. The number of aryl methyl sites for hydroxylation is 1. The van der Waals surface area contributed by atoms with E-state index in [4.69, 9.17) is 32.7 Å². The molecule has 1 aliphatic rings. The van der Waals surface area contributed by atoms with Gasteiger partial charge >= 0.3 is 0 Å². The normalized spacial score (nSPS) is 15.1. The molecule has 196 valence electrons. The Labute approximate surface area is 225 Å². The van der Waals surface area contributed by atoms with E-state index in [1.165, 1.54) is 14.2 Å². The molecule has 0 aliphatic carbocycles. The maximum Gasteiger partial charge on any atom is 0.259 e. The number of likely N-dealkylation sites (N-methyl/N-ethyl adjacent to an activating group) is 1. The molecule has 0 saturated carbocycles. The van der Waals surface area contributed by atoms with Gasteiger partial charge in [-0.15, -0.1) is 0 Å². The number of aromatic nitrogens is 3. The summed E-state index contributed by atoms with van der Waals surface area (Å²) in [5.74, 6) is 0.764. The van der Waals surface area contributed by atoms with Gasteiger partial charge < -0.3 is 23.9 Å². The summed E-state index contributed by atoms with van der Waals surface area (Å²) in [5.41, 5.74) is 3.17. The largest absolute Gasteiger partial charge is 0.495 e. The standard InChI is InChI=1S/C27H31Cl2N5O3/c1-5-32-6-8-33(9-7-32)10-11-34-25-17(15-30-26-19(25)12-16(2)31-26)13-18(27(34)35)22-23(28)20(36-3)14-21(37-4)24(22)29/h12-15H,5-11H2,1-4H3,(H,30,31). The number of rotatable bonds is 7. The van der Waals surface area contributed by atoms with E-state index in [1.807, 2.05) is 23.6 Å². The second-order valence-electron chi connectivity index (χ2n) is 9.35. The zero-order valence-corrected chi connectivity index (χ0v) is 23.0. The van der Waals surface area contributed by atoms with Gasteiger partial charge in [-0.3, -0.25) is 9.69 Å². The van der Waals surface area contributed by atoms with Gasteiger partial charge in [0, 0.05) is 73.6 Å². The van der Waals surface area contributed by atoms with E-state index < -0.39 is 0 Å². The van der Waals surface area contributed by atoms with Crippen molar-refractivity contribution in [2.24, 2.45) is 0 Å². The lowest BCUT2D eigenvalue weighted by Crippen LogP contribution is -2.47. The van der Waals surface area contributed by atoms with Gasteiger partial charge in [-0.25, -0.2) is 4.98 Å². The Morgan fingerprint density at radius 1 is 0.973 bits per heavy atom. The lowest BCUT2D eigenvalue weighted by atomic mass is 10.0. The highest BCUT2D eigenvalue weighted by atomic mass is 35.5. The number of halogens is 2. The number of benzene rings is 1. The maximum absolute atomic E-state index is 14.2. The van der Waals surface area contributed by atoms with Crippen LogP contribution in [0.4, 0.5) is 0 Å². The van der Waals surface area contributed by atoms with Crippen LogP contribution in [0.3, 0.4) is 0 Å². The number of aromatic amines is 1. The molecular weight excluding hydrogens is 513 g/mol. The summed E-state index contributed by atoms with van der Waals surface area (Å²) in [4.78, 5) is 27.0. The van der Waals surface area contributed by atoms with Gasteiger partial charge in [0.1, 0.15) is 17.1 Å². The minimum absolute atomic E-state index is 0.176. The molecule has 0 spiro atoms. The molecule has 4 heterocycles. The predicted molar refractivity (Wildman–Crippen MR) is 150 cm³/mol. The molecule has 1 fully saturated rings. The van der Waals surface area contributed by atoms with E-state index in [1.54, 1.807) is 12.3 Å². The van der Waals surface area contributed by atoms with E-state index in [-0.39, 0.29) is 15.6 Å². The second kappa shape index (κ2) is 10.5. The molecule has 5 rings (SSSR count). The molecule has 1 aliphatic heterocycles. The zero-order valence-electron chi connectivity index (χ0n) is 21.5. The molecule has 37 heavy (non-hydrogen) atoms. The first kappa shape index (κ1) is 25.9. The molecule has 0 atom stereocenters. The molecule has 4 aromatic rings. The zero-order chi connectivity index (χ0) is 26.3. The second-order valence-corrected chi connectivity index (χ2v) is 10.1. The fraction of sp³-hybridized carbons (Fsp3) is 0.407. The summed E-state index contributed by atoms with van der Waals surface area (Å²) in [7, 11) is 3.04. The molecule has 0 unspecified atom stereocenters. The average molecular weight is 544 g/mol. The van der Waals surface area contributed by atoms with Crippen molar-refractivity contribution in [1.82, 2.24) is 24.3 Å². The quantitative estimate of drug-likeness (QED) is 0.360. The molecule has 1 N–H and O–H groups in total. The van der Waals surface area contributed by atoms with Crippen LogP contribution in [0, 0.1) is 6.92 Å². The fourth-order valence-corrected chi connectivity index (χ4v) is 5.87. The highest BCUT2D eigenvalue weighted by Crippen LogP contribution is 2.45. The summed E-state index contributed by atoms with van der Waals surface area (Å²) in [6, 6.07) is 5.47. The van der Waals surface area contributed by atoms with Crippen LogP contribution < -0.4 is 15.0 Å². The number of fused-ring (bicyclic) bond motifs is 3. The van der Waals surface area contributed by atoms with Gasteiger partial charge in [0.05, 0.1) is 35.3 Å². The van der Waals surface area contributed by atoms with Crippen molar-refractivity contribution in [2.45, 2.75) is 20.4 Å². The Bertz CT molecular complexity index is 1490. The van der Waals surface area contributed by atoms with Crippen LogP contribution in [-0.4, -0.2) is 77.8 Å². The van der Waals surface area contributed by atoms with Gasteiger partial charge in [-0.1, -0.05) is 30.1 Å². The third-order valence-electron chi connectivity index (χ3n) is 7.23. The first-order valence-corrected chi connectivity index (χ1v) is 13.2. The van der Waals surface area contributed by atoms with Gasteiger partial charge in [0.15, 0.2) is 0 Å². The van der Waals surface area contributed by atoms with Crippen molar-refractivity contribution in [3.8, 4) is 22.6 Å². The maximum atomic E-state index is 14.2. The Balaban J connectivity index is 1.70. The van der Waals surface area contributed by atoms with Gasteiger partial charge in [0.2, 0.25) is 0 Å². The SMILES string of the molecule is CCN1CCN(CCn2c(=O)c(-c3c(Cl)c(OC)cc(OC)c3Cl)cc3cnc4[nH]c(C)cc4c32)CC1. The topological polar surface area (TPSA) is 75.6 Å². The van der Waals surface area contributed by atoms with Crippen molar-refractivity contribution in [3.63, 3.8) is 0 Å². The van der Waals surface area contributed by atoms with Crippen LogP contribution >= 0.6 is 23.2 Å². The number of hydrogen-bond donors (Lipinski definition) is 1. The Hall–Kier alpha value is -2.78. The molecular formula is C27H31Cl2N5O3. The summed E-state index contributed by atoms with van der Waals surface area (Å²) in [6.45, 7) is 10.5. The van der Waals surface area contributed by atoms with E-state index in [9.17, 15) is 4.79 Å². The van der Waals surface area contributed by atoms with Crippen LogP contribution in [0.15, 0.2) is 29.2 Å². The Kier molecular flexibility index (Phi) is 7.36. The number of pyridine rings is 2. The smallest absolute Gasteiger partial charge is 0.259 e. The van der Waals surface area contributed by atoms with Crippen LogP contribution in [0.1, 0.15) is 12.6 Å². The molecule has 8 nitrogen and oxygen atoms in total. The molecule has 3 aromatic heterocycles. The van der Waals surface area contributed by atoms with Crippen LogP contribution in [-0.2, 0) is 6.54 Å². The van der Waals surface area contributed by atoms with Crippen LogP contribution in [0.5, 0.6) is 11.5 Å². The number of ether oxygens (including phenoxy) is 2. The minimum atomic E-state index is -0.176. The lowest BCUT2D eigenvalue weighted by Gasteiger charge is -2.34. The number of piperazine rings is 1. The number of methoxy groups -OCH3 is 2. The van der Waals surface area contributed by atoms with Crippen LogP contribution in [0.2, 0.25) is 10.0 Å². The van der Waals surface area contributed by atoms with Crippen LogP contribution in [0.25, 0.3) is 33.1 Å². The summed E-state index contributed by atoms with van der Waals surface area (Å²) >= 11 is 13.5. The Morgan fingerprint density at radius 3 is 2.24 bits per heavy atom. The van der Waals surface area contributed by atoms with Crippen molar-refractivity contribution < 1.29 is 9.47 Å². The summed E-state index contributed by atoms with van der Waals surface area (Å²) in [5, 5.41) is 2.26. The molecule has 1 aromatic carbocycles.